The molecule has 2 aromatic heterocycles. The van der Waals surface area contributed by atoms with Crippen LogP contribution in [0.1, 0.15) is 0 Å². The normalized spacial score (nSPS) is 12.8. The average Bonchev–Trinajstić information content (AvgIpc) is 2.11. The van der Waals surface area contributed by atoms with Gasteiger partial charge in [0.25, 0.3) is 0 Å². The summed E-state index contributed by atoms with van der Waals surface area (Å²) in [5.41, 5.74) is 0. The van der Waals surface area contributed by atoms with E-state index in [2.05, 4.69) is 4.63 Å². The molecule has 0 aromatic carbocycles. The fraction of sp³-hybridized carbons (Fsp3) is 0. The van der Waals surface area contributed by atoms with Crippen LogP contribution < -0.4 is 0 Å². The van der Waals surface area contributed by atoms with Gasteiger partial charge in [0.15, 0.2) is 0 Å². The highest BCUT2D eigenvalue weighted by Crippen LogP contribution is 1.97. The quantitative estimate of drug-likeness (QED) is 0.398. The number of hydrogen-bond acceptors (Lipinski definition) is 1. The molecule has 0 saturated heterocycles. The van der Waals surface area contributed by atoms with Crippen LogP contribution in [0.4, 0.5) is 0 Å². The van der Waals surface area contributed by atoms with Gasteiger partial charge in [0.05, 0.1) is 0 Å². The molecule has 0 amide bonds. The highest BCUT2D eigenvalue weighted by atomic mass is 16.9. The number of aromatic nitrogens is 3. The van der Waals surface area contributed by atoms with Crippen molar-refractivity contribution >= 4 is 0 Å². The first-order valence-electron chi connectivity index (χ1n) is 1.15. The molecule has 0 atom stereocenters. The molecule has 0 aliphatic carbocycles. The van der Waals surface area contributed by atoms with E-state index < -0.39 is 0 Å². The van der Waals surface area contributed by atoms with Gasteiger partial charge in [0, 0.05) is 0 Å². The van der Waals surface area contributed by atoms with Gasteiger partial charge >= 0.3 is 0 Å². The lowest BCUT2D eigenvalue weighted by Gasteiger charge is -1.52. The van der Waals surface area contributed by atoms with Crippen molar-refractivity contribution < 1.29 is 9.84 Å². The predicted molar refractivity (Wildman–Crippen MR) is 8.37 cm³/mol. The SMILES string of the molecule is [O]n1n2on12. The monoisotopic (exact) mass is 74.0 g/mol. The fourth-order valence-corrected chi connectivity index (χ4v) is 0.178. The summed E-state index contributed by atoms with van der Waals surface area (Å²) in [6, 6.07) is 0. The molecular weight excluding hydrogens is 74.0 g/mol. The zero-order valence-corrected chi connectivity index (χ0v) is 2.16. The number of nitrogens with zero attached hydrogens (tertiary/aromatic N) is 3. The molecule has 0 N–H and O–H groups in total. The zero-order chi connectivity index (χ0) is 3.44. The molecule has 0 bridgehead atoms. The zero-order valence-electron chi connectivity index (χ0n) is 2.16. The molecule has 0 aliphatic rings. The summed E-state index contributed by atoms with van der Waals surface area (Å²) in [7, 11) is 0. The molecule has 1 radical (unpaired) electrons. The summed E-state index contributed by atoms with van der Waals surface area (Å²) in [4.78, 5) is 2.72. The third-order valence-electron chi connectivity index (χ3n) is 0.530. The Morgan fingerprint density at radius 2 is 1.80 bits per heavy atom. The number of rotatable bonds is 0. The van der Waals surface area contributed by atoms with Gasteiger partial charge in [-0.3, -0.25) is 0 Å². The van der Waals surface area contributed by atoms with E-state index in [1.165, 1.54) is 0 Å². The molecule has 0 unspecified atom stereocenters. The van der Waals surface area contributed by atoms with Crippen LogP contribution in [0, 0.1) is 0 Å². The van der Waals surface area contributed by atoms with Gasteiger partial charge in [-0.1, -0.05) is 0 Å². The summed E-state index contributed by atoms with van der Waals surface area (Å²) in [5, 5.41) is 9.58. The van der Waals surface area contributed by atoms with Crippen LogP contribution in [0.3, 0.4) is 0 Å². The van der Waals surface area contributed by atoms with Crippen molar-refractivity contribution in [3.05, 3.63) is 0 Å². The van der Waals surface area contributed by atoms with Gasteiger partial charge in [0.1, 0.15) is 14.6 Å². The Morgan fingerprint density at radius 3 is 1.80 bits per heavy atom. The summed E-state index contributed by atoms with van der Waals surface area (Å²) in [6.07, 6.45) is 0. The van der Waals surface area contributed by atoms with E-state index >= 15 is 0 Å². The van der Waals surface area contributed by atoms with E-state index in [0.717, 1.165) is 9.61 Å². The summed E-state index contributed by atoms with van der Waals surface area (Å²) in [6.45, 7) is 0. The van der Waals surface area contributed by atoms with Gasteiger partial charge < -0.3 is 0 Å². The van der Waals surface area contributed by atoms with Gasteiger partial charge in [-0.2, -0.15) is 4.63 Å². The van der Waals surface area contributed by atoms with Crippen LogP contribution in [0.5, 0.6) is 0 Å². The van der Waals surface area contributed by atoms with Gasteiger partial charge in [-0.25, -0.2) is 0 Å². The maximum Gasteiger partial charge on any atom is 0.117 e. The predicted octanol–water partition coefficient (Wildman–Crippen LogP) is -0.935. The summed E-state index contributed by atoms with van der Waals surface area (Å²) < 4.78 is 4.20. The molecule has 0 saturated carbocycles. The van der Waals surface area contributed by atoms with Crippen molar-refractivity contribution in [2.45, 2.75) is 0 Å². The minimum Gasteiger partial charge on any atom is -0.198 e. The highest BCUT2D eigenvalue weighted by molar-refractivity contribution is 4.22. The average molecular weight is 74.0 g/mol. The van der Waals surface area contributed by atoms with Gasteiger partial charge in [0.2, 0.25) is 0 Å². The third kappa shape index (κ3) is 0.0248. The van der Waals surface area contributed by atoms with Crippen LogP contribution >= 0.6 is 0 Å². The van der Waals surface area contributed by atoms with Crippen LogP contribution in [-0.4, -0.2) is 14.6 Å². The lowest BCUT2D eigenvalue weighted by Crippen LogP contribution is -1.77. The van der Waals surface area contributed by atoms with Crippen molar-refractivity contribution in [3.63, 3.8) is 0 Å². The van der Waals surface area contributed by atoms with Crippen molar-refractivity contribution in [1.82, 2.24) is 14.6 Å². The van der Waals surface area contributed by atoms with Crippen LogP contribution in [0.2, 0.25) is 0 Å². The van der Waals surface area contributed by atoms with E-state index in [4.69, 9.17) is 0 Å². The van der Waals surface area contributed by atoms with E-state index in [1.54, 1.807) is 0 Å². The Bertz CT molecular complexity index is 173. The molecule has 0 spiro atoms. The van der Waals surface area contributed by atoms with Crippen LogP contribution in [0.25, 0.3) is 0 Å². The van der Waals surface area contributed by atoms with E-state index in [0.29, 0.717) is 4.96 Å². The summed E-state index contributed by atoms with van der Waals surface area (Å²) >= 11 is 0. The van der Waals surface area contributed by atoms with Crippen molar-refractivity contribution in [2.75, 3.05) is 0 Å². The topological polar surface area (TPSA) is 46.8 Å². The maximum atomic E-state index is 9.58. The van der Waals surface area contributed by atoms with Crippen LogP contribution in [0.15, 0.2) is 4.63 Å². The minimum absolute atomic E-state index is 0.583. The van der Waals surface area contributed by atoms with E-state index in [9.17, 15) is 5.21 Å². The molecule has 5 nitrogen and oxygen atoms in total. The second-order valence-electron chi connectivity index (χ2n) is 0.840. The standard InChI is InChI=1S/N3O2/c4-1-2-3(1)5-2. The highest BCUT2D eigenvalue weighted by Gasteiger charge is 2.25. The fourth-order valence-electron chi connectivity index (χ4n) is 0.178. The molecule has 5 heavy (non-hydrogen) atoms. The Hall–Kier alpha value is -1.00. The van der Waals surface area contributed by atoms with Crippen molar-refractivity contribution in [1.29, 1.82) is 0 Å². The first-order chi connectivity index (χ1) is 2.39. The van der Waals surface area contributed by atoms with Crippen molar-refractivity contribution in [3.8, 4) is 0 Å². The molecule has 27 valence electrons. The Labute approximate surface area is 25.7 Å². The van der Waals surface area contributed by atoms with Crippen LogP contribution in [-0.2, 0) is 5.21 Å². The second-order valence-corrected chi connectivity index (χ2v) is 0.840. The molecule has 5 heteroatoms. The second kappa shape index (κ2) is 0.148. The number of fused-ring (bicyclic) bond motifs is 1. The minimum atomic E-state index is 0.583. The molecule has 0 aliphatic heterocycles. The smallest absolute Gasteiger partial charge is 0.117 e. The Kier molecular flexibility index (Phi) is 0.0427. The molecule has 0 fully saturated rings. The van der Waals surface area contributed by atoms with Crippen molar-refractivity contribution in [2.24, 2.45) is 0 Å². The lowest BCUT2D eigenvalue weighted by atomic mass is 12.8. The van der Waals surface area contributed by atoms with Gasteiger partial charge in [-0.05, 0) is 0 Å². The number of hydrogen-bond donors (Lipinski definition) is 0. The van der Waals surface area contributed by atoms with E-state index in [-0.39, 0.29) is 0 Å². The molecule has 2 aromatic rings. The third-order valence-corrected chi connectivity index (χ3v) is 0.530. The molecule has 2 heterocycles. The first kappa shape index (κ1) is 1.44. The van der Waals surface area contributed by atoms with E-state index in [1.807, 2.05) is 0 Å². The largest absolute Gasteiger partial charge is 0.198 e. The Balaban J connectivity index is 2.98. The molecular formula is N3O2. The first-order valence-corrected chi connectivity index (χ1v) is 1.15. The van der Waals surface area contributed by atoms with Gasteiger partial charge in [-0.15, -0.1) is 5.21 Å². The lowest BCUT2D eigenvalue weighted by molar-refractivity contribution is -0.0000112. The molecule has 2 rings (SSSR count). The maximum absolute atomic E-state index is 9.58. The summed E-state index contributed by atoms with van der Waals surface area (Å²) in [5.74, 6) is 0. The Morgan fingerprint density at radius 1 is 1.40 bits per heavy atom.